The van der Waals surface area contributed by atoms with Gasteiger partial charge >= 0.3 is 0 Å². The van der Waals surface area contributed by atoms with E-state index in [0.717, 1.165) is 11.1 Å². The minimum atomic E-state index is -0.691. The third-order valence-electron chi connectivity index (χ3n) is 4.33. The van der Waals surface area contributed by atoms with Crippen LogP contribution in [0.2, 0.25) is 0 Å². The Balaban J connectivity index is 1.90. The molecular formula is C21H19N3O3. The van der Waals surface area contributed by atoms with Crippen molar-refractivity contribution in [3.63, 3.8) is 0 Å². The van der Waals surface area contributed by atoms with Crippen LogP contribution in [0.5, 0.6) is 0 Å². The molecule has 0 saturated heterocycles. The highest BCUT2D eigenvalue weighted by molar-refractivity contribution is 5.93. The molecule has 0 atom stereocenters. The van der Waals surface area contributed by atoms with Crippen LogP contribution in [0.15, 0.2) is 78.9 Å². The van der Waals surface area contributed by atoms with Crippen LogP contribution in [0.1, 0.15) is 33.1 Å². The van der Waals surface area contributed by atoms with Gasteiger partial charge in [-0.1, -0.05) is 66.7 Å². The van der Waals surface area contributed by atoms with E-state index in [2.05, 4.69) is 5.32 Å². The number of nitrogens with zero attached hydrogens (tertiary/aromatic N) is 1. The lowest BCUT2D eigenvalue weighted by molar-refractivity contribution is -0.385. The second kappa shape index (κ2) is 8.25. The average Bonchev–Trinajstić information content (AvgIpc) is 2.69. The van der Waals surface area contributed by atoms with E-state index in [1.165, 1.54) is 12.1 Å². The van der Waals surface area contributed by atoms with Crippen molar-refractivity contribution in [2.75, 3.05) is 0 Å². The van der Waals surface area contributed by atoms with Gasteiger partial charge in [0.15, 0.2) is 0 Å². The fraction of sp³-hybridized carbons (Fsp3) is 0.0952. The molecule has 0 aliphatic carbocycles. The second-order valence-corrected chi connectivity index (χ2v) is 6.10. The first-order chi connectivity index (χ1) is 13.1. The van der Waals surface area contributed by atoms with Crippen LogP contribution in [-0.2, 0) is 6.54 Å². The number of amides is 1. The van der Waals surface area contributed by atoms with Gasteiger partial charge in [-0.05, 0) is 17.2 Å². The molecule has 0 radical (unpaired) electrons. The Hall–Kier alpha value is -3.51. The van der Waals surface area contributed by atoms with Crippen molar-refractivity contribution in [2.24, 2.45) is 5.73 Å². The Kier molecular flexibility index (Phi) is 5.58. The minimum Gasteiger partial charge on any atom is -0.366 e. The highest BCUT2D eigenvalue weighted by atomic mass is 16.6. The number of nitrogens with one attached hydrogen (secondary N) is 1. The molecule has 0 spiro atoms. The van der Waals surface area contributed by atoms with Crippen LogP contribution in [0, 0.1) is 10.1 Å². The lowest BCUT2D eigenvalue weighted by Crippen LogP contribution is -2.22. The summed E-state index contributed by atoms with van der Waals surface area (Å²) in [6.45, 7) is 0.268. The SMILES string of the molecule is NC(=O)c1ccc(CNC(c2ccccc2)c2ccccc2)c([N+](=O)[O-])c1. The van der Waals surface area contributed by atoms with Crippen molar-refractivity contribution < 1.29 is 9.72 Å². The molecular weight excluding hydrogens is 342 g/mol. The van der Waals surface area contributed by atoms with Gasteiger partial charge in [0.1, 0.15) is 0 Å². The van der Waals surface area contributed by atoms with Crippen LogP contribution < -0.4 is 11.1 Å². The van der Waals surface area contributed by atoms with Gasteiger partial charge in [-0.3, -0.25) is 14.9 Å². The molecule has 0 aromatic heterocycles. The number of carbonyl (C=O) groups is 1. The van der Waals surface area contributed by atoms with Crippen molar-refractivity contribution in [1.82, 2.24) is 5.32 Å². The molecule has 0 bridgehead atoms. The third-order valence-corrected chi connectivity index (χ3v) is 4.33. The van der Waals surface area contributed by atoms with Gasteiger partial charge in [-0.25, -0.2) is 0 Å². The number of benzene rings is 3. The molecule has 6 nitrogen and oxygen atoms in total. The van der Waals surface area contributed by atoms with E-state index in [4.69, 9.17) is 5.73 Å². The highest BCUT2D eigenvalue weighted by Crippen LogP contribution is 2.25. The average molecular weight is 361 g/mol. The molecule has 0 saturated carbocycles. The molecule has 6 heteroatoms. The normalized spacial score (nSPS) is 10.7. The smallest absolute Gasteiger partial charge is 0.274 e. The maximum atomic E-state index is 11.4. The van der Waals surface area contributed by atoms with Gasteiger partial charge in [-0.15, -0.1) is 0 Å². The van der Waals surface area contributed by atoms with Crippen molar-refractivity contribution in [3.05, 3.63) is 111 Å². The van der Waals surface area contributed by atoms with Crippen LogP contribution >= 0.6 is 0 Å². The zero-order valence-electron chi connectivity index (χ0n) is 14.5. The number of hydrogen-bond donors (Lipinski definition) is 2. The maximum absolute atomic E-state index is 11.4. The lowest BCUT2D eigenvalue weighted by Gasteiger charge is -2.20. The molecule has 0 aliphatic rings. The first kappa shape index (κ1) is 18.3. The standard InChI is InChI=1S/C21H19N3O3/c22-21(25)17-11-12-18(19(13-17)24(26)27)14-23-20(15-7-3-1-4-8-15)16-9-5-2-6-10-16/h1-13,20,23H,14H2,(H2,22,25). The summed E-state index contributed by atoms with van der Waals surface area (Å²) < 4.78 is 0. The Labute approximate surface area is 156 Å². The first-order valence-electron chi connectivity index (χ1n) is 8.46. The highest BCUT2D eigenvalue weighted by Gasteiger charge is 2.19. The number of nitro groups is 1. The lowest BCUT2D eigenvalue weighted by atomic mass is 9.98. The van der Waals surface area contributed by atoms with Crippen molar-refractivity contribution in [1.29, 1.82) is 0 Å². The van der Waals surface area contributed by atoms with E-state index in [0.29, 0.717) is 5.56 Å². The Morgan fingerprint density at radius 3 is 2.00 bits per heavy atom. The molecule has 136 valence electrons. The van der Waals surface area contributed by atoms with Crippen LogP contribution in [0.3, 0.4) is 0 Å². The van der Waals surface area contributed by atoms with E-state index < -0.39 is 10.8 Å². The number of hydrogen-bond acceptors (Lipinski definition) is 4. The first-order valence-corrected chi connectivity index (χ1v) is 8.46. The van der Waals surface area contributed by atoms with Gasteiger partial charge in [0.2, 0.25) is 5.91 Å². The van der Waals surface area contributed by atoms with E-state index >= 15 is 0 Å². The second-order valence-electron chi connectivity index (χ2n) is 6.10. The van der Waals surface area contributed by atoms with Crippen molar-refractivity contribution >= 4 is 11.6 Å². The monoisotopic (exact) mass is 361 g/mol. The van der Waals surface area contributed by atoms with E-state index in [-0.39, 0.29) is 23.8 Å². The Morgan fingerprint density at radius 2 is 1.52 bits per heavy atom. The number of carbonyl (C=O) groups excluding carboxylic acids is 1. The molecule has 0 aliphatic heterocycles. The molecule has 3 aromatic rings. The van der Waals surface area contributed by atoms with Crippen LogP contribution in [-0.4, -0.2) is 10.8 Å². The summed E-state index contributed by atoms with van der Waals surface area (Å²) in [5.41, 5.74) is 7.82. The predicted octanol–water partition coefficient (Wildman–Crippen LogP) is 3.57. The molecule has 3 N–H and O–H groups in total. The quantitative estimate of drug-likeness (QED) is 0.496. The molecule has 0 unspecified atom stereocenters. The molecule has 1 amide bonds. The fourth-order valence-electron chi connectivity index (χ4n) is 2.97. The maximum Gasteiger partial charge on any atom is 0.274 e. The van der Waals surface area contributed by atoms with Gasteiger partial charge < -0.3 is 11.1 Å². The Morgan fingerprint density at radius 1 is 0.963 bits per heavy atom. The summed E-state index contributed by atoms with van der Waals surface area (Å²) in [5.74, 6) is -0.691. The molecule has 0 fully saturated rings. The van der Waals surface area contributed by atoms with Gasteiger partial charge in [-0.2, -0.15) is 0 Å². The van der Waals surface area contributed by atoms with E-state index in [1.54, 1.807) is 6.07 Å². The fourth-order valence-corrected chi connectivity index (χ4v) is 2.97. The number of primary amides is 1. The van der Waals surface area contributed by atoms with Crippen molar-refractivity contribution in [2.45, 2.75) is 12.6 Å². The van der Waals surface area contributed by atoms with Crippen LogP contribution in [0.4, 0.5) is 5.69 Å². The topological polar surface area (TPSA) is 98.3 Å². The third kappa shape index (κ3) is 4.37. The number of rotatable bonds is 7. The van der Waals surface area contributed by atoms with E-state index in [9.17, 15) is 14.9 Å². The van der Waals surface area contributed by atoms with E-state index in [1.807, 2.05) is 60.7 Å². The summed E-state index contributed by atoms with van der Waals surface area (Å²) in [5, 5.41) is 14.8. The molecule has 3 aromatic carbocycles. The summed E-state index contributed by atoms with van der Waals surface area (Å²) in [6, 6.07) is 23.9. The Bertz CT molecular complexity index is 904. The molecule has 27 heavy (non-hydrogen) atoms. The summed E-state index contributed by atoms with van der Waals surface area (Å²) >= 11 is 0. The summed E-state index contributed by atoms with van der Waals surface area (Å²) in [4.78, 5) is 22.2. The zero-order valence-corrected chi connectivity index (χ0v) is 14.5. The van der Waals surface area contributed by atoms with Crippen molar-refractivity contribution in [3.8, 4) is 0 Å². The molecule has 3 rings (SSSR count). The predicted molar refractivity (Wildman–Crippen MR) is 103 cm³/mol. The minimum absolute atomic E-state index is 0.119. The van der Waals surface area contributed by atoms with Crippen LogP contribution in [0.25, 0.3) is 0 Å². The molecule has 0 heterocycles. The van der Waals surface area contributed by atoms with Gasteiger partial charge in [0, 0.05) is 23.7 Å². The summed E-state index contributed by atoms with van der Waals surface area (Å²) in [7, 11) is 0. The largest absolute Gasteiger partial charge is 0.366 e. The number of nitrogens with two attached hydrogens (primary N) is 1. The van der Waals surface area contributed by atoms with Gasteiger partial charge in [0.25, 0.3) is 5.69 Å². The number of nitro benzene ring substituents is 1. The summed E-state index contributed by atoms with van der Waals surface area (Å²) in [6.07, 6.45) is 0. The van der Waals surface area contributed by atoms with Gasteiger partial charge in [0.05, 0.1) is 11.0 Å². The zero-order chi connectivity index (χ0) is 19.2.